The summed E-state index contributed by atoms with van der Waals surface area (Å²) >= 11 is 0. The fourth-order valence-corrected chi connectivity index (χ4v) is 7.00. The van der Waals surface area contributed by atoms with E-state index in [1.54, 1.807) is 0 Å². The fourth-order valence-electron chi connectivity index (χ4n) is 7.00. The van der Waals surface area contributed by atoms with Crippen LogP contribution in [0.5, 0.6) is 0 Å². The summed E-state index contributed by atoms with van der Waals surface area (Å²) in [6, 6.07) is 54.2. The van der Waals surface area contributed by atoms with Crippen molar-refractivity contribution in [2.45, 2.75) is 0 Å². The second-order valence-corrected chi connectivity index (χ2v) is 12.3. The quantitative estimate of drug-likeness (QED) is 0.182. The minimum Gasteiger partial charge on any atom is -0.436 e. The first-order chi connectivity index (χ1) is 24.3. The number of aromatic nitrogens is 4. The van der Waals surface area contributed by atoms with Crippen LogP contribution in [0.3, 0.4) is 0 Å². The van der Waals surface area contributed by atoms with Gasteiger partial charge in [0.25, 0.3) is 0 Å². The van der Waals surface area contributed by atoms with E-state index in [2.05, 4.69) is 109 Å². The molecule has 2 heterocycles. The zero-order valence-electron chi connectivity index (χ0n) is 26.2. The van der Waals surface area contributed by atoms with E-state index in [9.17, 15) is 0 Å². The van der Waals surface area contributed by atoms with Gasteiger partial charge in [-0.25, -0.2) is 19.9 Å². The van der Waals surface area contributed by atoms with Crippen LogP contribution in [0.15, 0.2) is 162 Å². The topological polar surface area (TPSA) is 64.7 Å². The molecule has 0 atom stereocenters. The Bertz CT molecular complexity index is 2610. The molecule has 228 valence electrons. The van der Waals surface area contributed by atoms with E-state index in [1.165, 1.54) is 0 Å². The van der Waals surface area contributed by atoms with Gasteiger partial charge in [-0.05, 0) is 79.5 Å². The van der Waals surface area contributed by atoms with Crippen molar-refractivity contribution >= 4 is 54.2 Å². The standard InChI is InChI=1S/C44H26N4O/c1-5-15-33-29(11-1)25-30-12-2-6-16-34(30)39(33)42-46-41(27-21-23-28(24-22-27)44-45-37-19-9-10-20-38(37)49-44)47-43(48-42)40-35-17-7-3-13-31(35)26-32-14-4-8-18-36(32)40/h1-26H. The predicted molar refractivity (Wildman–Crippen MR) is 199 cm³/mol. The second kappa shape index (κ2) is 10.9. The maximum atomic E-state index is 6.06. The van der Waals surface area contributed by atoms with Crippen LogP contribution in [0.2, 0.25) is 0 Å². The molecule has 0 bridgehead atoms. The summed E-state index contributed by atoms with van der Waals surface area (Å²) in [5.41, 5.74) is 5.33. The summed E-state index contributed by atoms with van der Waals surface area (Å²) < 4.78 is 6.06. The summed E-state index contributed by atoms with van der Waals surface area (Å²) in [6.45, 7) is 0. The third kappa shape index (κ3) is 4.55. The van der Waals surface area contributed by atoms with Gasteiger partial charge in [0, 0.05) is 22.3 Å². The molecule has 0 aliphatic heterocycles. The number of hydrogen-bond acceptors (Lipinski definition) is 5. The number of oxazole rings is 1. The highest BCUT2D eigenvalue weighted by molar-refractivity contribution is 6.13. The Morgan fingerprint density at radius 2 is 0.755 bits per heavy atom. The van der Waals surface area contributed by atoms with Crippen LogP contribution in [0.25, 0.3) is 99.8 Å². The van der Waals surface area contributed by atoms with E-state index in [0.29, 0.717) is 23.4 Å². The zero-order chi connectivity index (χ0) is 32.3. The van der Waals surface area contributed by atoms with E-state index < -0.39 is 0 Å². The van der Waals surface area contributed by atoms with Gasteiger partial charge in [-0.2, -0.15) is 0 Å². The van der Waals surface area contributed by atoms with Crippen molar-refractivity contribution in [2.75, 3.05) is 0 Å². The first-order valence-electron chi connectivity index (χ1n) is 16.3. The Morgan fingerprint density at radius 1 is 0.347 bits per heavy atom. The van der Waals surface area contributed by atoms with Gasteiger partial charge < -0.3 is 4.42 Å². The van der Waals surface area contributed by atoms with E-state index in [4.69, 9.17) is 24.4 Å². The number of fused-ring (bicyclic) bond motifs is 5. The van der Waals surface area contributed by atoms with Crippen LogP contribution in [0.1, 0.15) is 0 Å². The second-order valence-electron chi connectivity index (χ2n) is 12.3. The largest absolute Gasteiger partial charge is 0.436 e. The molecule has 10 rings (SSSR count). The van der Waals surface area contributed by atoms with Crippen molar-refractivity contribution in [3.63, 3.8) is 0 Å². The van der Waals surface area contributed by atoms with Crippen LogP contribution in [0.4, 0.5) is 0 Å². The van der Waals surface area contributed by atoms with Crippen molar-refractivity contribution in [2.24, 2.45) is 0 Å². The smallest absolute Gasteiger partial charge is 0.227 e. The van der Waals surface area contributed by atoms with E-state index in [0.717, 1.165) is 76.4 Å². The summed E-state index contributed by atoms with van der Waals surface area (Å²) in [4.78, 5) is 20.5. The average Bonchev–Trinajstić information content (AvgIpc) is 3.60. The van der Waals surface area contributed by atoms with Crippen molar-refractivity contribution in [3.8, 4) is 45.6 Å². The van der Waals surface area contributed by atoms with Crippen LogP contribution in [-0.4, -0.2) is 19.9 Å². The minimum absolute atomic E-state index is 0.578. The Kier molecular flexibility index (Phi) is 6.11. The molecule has 0 aliphatic carbocycles. The van der Waals surface area contributed by atoms with Crippen LogP contribution >= 0.6 is 0 Å². The first kappa shape index (κ1) is 27.4. The molecule has 0 N–H and O–H groups in total. The number of rotatable bonds is 4. The van der Waals surface area contributed by atoms with Gasteiger partial charge in [-0.15, -0.1) is 0 Å². The molecule has 0 saturated heterocycles. The molecule has 10 aromatic rings. The lowest BCUT2D eigenvalue weighted by molar-refractivity contribution is 0.620. The molecule has 0 spiro atoms. The Balaban J connectivity index is 1.25. The van der Waals surface area contributed by atoms with Crippen molar-refractivity contribution < 1.29 is 4.42 Å². The minimum atomic E-state index is 0.578. The molecule has 2 aromatic heterocycles. The Morgan fingerprint density at radius 3 is 1.24 bits per heavy atom. The Hall–Kier alpha value is -6.72. The lowest BCUT2D eigenvalue weighted by Gasteiger charge is -2.15. The van der Waals surface area contributed by atoms with Crippen LogP contribution in [0, 0.1) is 0 Å². The Labute approximate surface area is 281 Å². The molecule has 5 nitrogen and oxygen atoms in total. The van der Waals surface area contributed by atoms with Gasteiger partial charge >= 0.3 is 0 Å². The maximum Gasteiger partial charge on any atom is 0.227 e. The number of benzene rings is 8. The lowest BCUT2D eigenvalue weighted by atomic mass is 9.95. The summed E-state index contributed by atoms with van der Waals surface area (Å²) in [6.07, 6.45) is 0. The highest BCUT2D eigenvalue weighted by Crippen LogP contribution is 2.39. The molecule has 0 saturated carbocycles. The molecule has 0 unspecified atom stereocenters. The molecular weight excluding hydrogens is 601 g/mol. The number of nitrogens with zero attached hydrogens (tertiary/aromatic N) is 4. The SMILES string of the molecule is c1ccc2c(-c3nc(-c4ccc(-c5nc6ccccc6o5)cc4)nc(-c4c5ccccc5cc5ccccc45)n3)c3ccccc3cc2c1. The predicted octanol–water partition coefficient (Wildman–Crippen LogP) is 11.3. The summed E-state index contributed by atoms with van der Waals surface area (Å²) in [5.74, 6) is 2.44. The van der Waals surface area contributed by atoms with Crippen molar-refractivity contribution in [1.82, 2.24) is 19.9 Å². The lowest BCUT2D eigenvalue weighted by Crippen LogP contribution is -2.02. The summed E-state index contributed by atoms with van der Waals surface area (Å²) in [7, 11) is 0. The van der Waals surface area contributed by atoms with Gasteiger partial charge in [0.2, 0.25) is 5.89 Å². The van der Waals surface area contributed by atoms with Gasteiger partial charge in [0.1, 0.15) is 5.52 Å². The van der Waals surface area contributed by atoms with Gasteiger partial charge in [-0.1, -0.05) is 121 Å². The van der Waals surface area contributed by atoms with Gasteiger partial charge in [0.05, 0.1) is 0 Å². The molecule has 49 heavy (non-hydrogen) atoms. The number of hydrogen-bond donors (Lipinski definition) is 0. The monoisotopic (exact) mass is 626 g/mol. The third-order valence-corrected chi connectivity index (χ3v) is 9.31. The van der Waals surface area contributed by atoms with Crippen molar-refractivity contribution in [3.05, 3.63) is 158 Å². The molecule has 0 radical (unpaired) electrons. The van der Waals surface area contributed by atoms with Gasteiger partial charge in [0.15, 0.2) is 23.1 Å². The normalized spacial score (nSPS) is 11.7. The highest BCUT2D eigenvalue weighted by atomic mass is 16.3. The molecule has 8 aromatic carbocycles. The highest BCUT2D eigenvalue weighted by Gasteiger charge is 2.20. The molecule has 0 aliphatic rings. The van der Waals surface area contributed by atoms with E-state index in [-0.39, 0.29) is 0 Å². The molecule has 0 fully saturated rings. The number of para-hydroxylation sites is 2. The zero-order valence-corrected chi connectivity index (χ0v) is 26.2. The van der Waals surface area contributed by atoms with E-state index >= 15 is 0 Å². The van der Waals surface area contributed by atoms with E-state index in [1.807, 2.05) is 48.5 Å². The molecule has 0 amide bonds. The summed E-state index contributed by atoms with van der Waals surface area (Å²) in [5, 5.41) is 8.93. The third-order valence-electron chi connectivity index (χ3n) is 9.31. The van der Waals surface area contributed by atoms with Crippen LogP contribution < -0.4 is 0 Å². The van der Waals surface area contributed by atoms with Crippen molar-refractivity contribution in [1.29, 1.82) is 0 Å². The van der Waals surface area contributed by atoms with Crippen LogP contribution in [-0.2, 0) is 0 Å². The molecule has 5 heteroatoms. The van der Waals surface area contributed by atoms with Gasteiger partial charge in [-0.3, -0.25) is 0 Å². The molecular formula is C44H26N4O. The fraction of sp³-hybridized carbons (Fsp3) is 0. The average molecular weight is 627 g/mol. The maximum absolute atomic E-state index is 6.06. The first-order valence-corrected chi connectivity index (χ1v) is 16.3.